The zero-order valence-electron chi connectivity index (χ0n) is 9.04. The van der Waals surface area contributed by atoms with Crippen molar-refractivity contribution in [2.45, 2.75) is 13.3 Å². The van der Waals surface area contributed by atoms with Crippen molar-refractivity contribution >= 4 is 34.8 Å². The molecule has 0 bridgehead atoms. The number of aromatic nitrogens is 2. The molecule has 0 aliphatic heterocycles. The van der Waals surface area contributed by atoms with Gasteiger partial charge in [0.2, 0.25) is 0 Å². The fourth-order valence-electron chi connectivity index (χ4n) is 1.48. The van der Waals surface area contributed by atoms with Crippen LogP contribution in [0.2, 0.25) is 15.3 Å². The number of hydrogen-bond acceptors (Lipinski definition) is 2. The maximum Gasteiger partial charge on any atom is 0.162 e. The van der Waals surface area contributed by atoms with Crippen LogP contribution in [0.3, 0.4) is 0 Å². The lowest BCUT2D eigenvalue weighted by molar-refractivity contribution is 1.05. The Balaban J connectivity index is 2.54. The minimum absolute atomic E-state index is 0.391. The Morgan fingerprint density at radius 3 is 2.24 bits per heavy atom. The van der Waals surface area contributed by atoms with Crippen LogP contribution in [0.4, 0.5) is 0 Å². The zero-order valence-corrected chi connectivity index (χ0v) is 11.3. The second-order valence-corrected chi connectivity index (χ2v) is 4.62. The van der Waals surface area contributed by atoms with Gasteiger partial charge in [-0.2, -0.15) is 0 Å². The number of nitrogens with zero attached hydrogens (tertiary/aromatic N) is 2. The van der Waals surface area contributed by atoms with Crippen molar-refractivity contribution in [2.75, 3.05) is 0 Å². The first-order valence-electron chi connectivity index (χ1n) is 5.09. The van der Waals surface area contributed by atoms with Gasteiger partial charge < -0.3 is 0 Å². The summed E-state index contributed by atoms with van der Waals surface area (Å²) in [5, 5.41) is 1.41. The van der Waals surface area contributed by atoms with Gasteiger partial charge in [0.1, 0.15) is 10.3 Å². The number of hydrogen-bond donors (Lipinski definition) is 0. The van der Waals surface area contributed by atoms with Gasteiger partial charge in [0.15, 0.2) is 5.82 Å². The number of rotatable bonds is 2. The van der Waals surface area contributed by atoms with Gasteiger partial charge in [-0.25, -0.2) is 9.97 Å². The van der Waals surface area contributed by atoms with Crippen LogP contribution in [0.15, 0.2) is 24.3 Å². The molecule has 0 aliphatic carbocycles. The number of halogens is 3. The highest BCUT2D eigenvalue weighted by Gasteiger charge is 2.11. The van der Waals surface area contributed by atoms with Gasteiger partial charge in [0.05, 0.1) is 0 Å². The molecule has 88 valence electrons. The molecular weight excluding hydrogens is 279 g/mol. The molecule has 1 aromatic heterocycles. The molecule has 2 nitrogen and oxygen atoms in total. The fraction of sp³-hybridized carbons (Fsp3) is 0.167. The van der Waals surface area contributed by atoms with E-state index in [1.807, 2.05) is 19.1 Å². The maximum atomic E-state index is 6.06. The lowest BCUT2D eigenvalue weighted by atomic mass is 10.2. The third kappa shape index (κ3) is 2.71. The van der Waals surface area contributed by atoms with Gasteiger partial charge in [-0.15, -0.1) is 0 Å². The summed E-state index contributed by atoms with van der Waals surface area (Å²) >= 11 is 18.0. The topological polar surface area (TPSA) is 25.8 Å². The third-order valence-corrected chi connectivity index (χ3v) is 3.20. The Labute approximate surface area is 115 Å². The van der Waals surface area contributed by atoms with Crippen molar-refractivity contribution < 1.29 is 0 Å². The van der Waals surface area contributed by atoms with Crippen molar-refractivity contribution in [3.63, 3.8) is 0 Å². The van der Waals surface area contributed by atoms with Crippen LogP contribution in [0.25, 0.3) is 11.4 Å². The Morgan fingerprint density at radius 2 is 1.71 bits per heavy atom. The molecule has 0 saturated heterocycles. The van der Waals surface area contributed by atoms with Gasteiger partial charge in [0.25, 0.3) is 0 Å². The second kappa shape index (κ2) is 5.21. The SMILES string of the molecule is CCc1c(Cl)nc(-c2cccc(Cl)c2)nc1Cl. The zero-order chi connectivity index (χ0) is 12.4. The Kier molecular flexibility index (Phi) is 3.87. The fourth-order valence-corrected chi connectivity index (χ4v) is 2.32. The average molecular weight is 288 g/mol. The molecule has 0 saturated carbocycles. The standard InChI is InChI=1S/C12H9Cl3N2/c1-2-9-10(14)16-12(17-11(9)15)7-4-3-5-8(13)6-7/h3-6H,2H2,1H3. The van der Waals surface area contributed by atoms with Gasteiger partial charge >= 0.3 is 0 Å². The predicted molar refractivity (Wildman–Crippen MR) is 71.9 cm³/mol. The molecule has 0 spiro atoms. The molecule has 17 heavy (non-hydrogen) atoms. The molecule has 0 aliphatic rings. The summed E-state index contributed by atoms with van der Waals surface area (Å²) in [6.07, 6.45) is 0.702. The lowest BCUT2D eigenvalue weighted by Crippen LogP contribution is -1.96. The highest BCUT2D eigenvalue weighted by atomic mass is 35.5. The maximum absolute atomic E-state index is 6.06. The molecule has 0 amide bonds. The van der Waals surface area contributed by atoms with Crippen molar-refractivity contribution in [1.29, 1.82) is 0 Å². The van der Waals surface area contributed by atoms with E-state index in [4.69, 9.17) is 34.8 Å². The molecule has 2 rings (SSSR count). The first-order valence-corrected chi connectivity index (χ1v) is 6.23. The highest BCUT2D eigenvalue weighted by Crippen LogP contribution is 2.26. The smallest absolute Gasteiger partial charge is 0.162 e. The highest BCUT2D eigenvalue weighted by molar-refractivity contribution is 6.34. The van der Waals surface area contributed by atoms with E-state index in [0.717, 1.165) is 11.1 Å². The van der Waals surface area contributed by atoms with Crippen molar-refractivity contribution in [3.8, 4) is 11.4 Å². The van der Waals surface area contributed by atoms with E-state index in [9.17, 15) is 0 Å². The van der Waals surface area contributed by atoms with E-state index in [2.05, 4.69) is 9.97 Å². The first kappa shape index (κ1) is 12.6. The van der Waals surface area contributed by atoms with E-state index in [-0.39, 0.29) is 0 Å². The molecule has 0 radical (unpaired) electrons. The largest absolute Gasteiger partial charge is 0.216 e. The Bertz CT molecular complexity index is 532. The molecule has 0 atom stereocenters. The van der Waals surface area contributed by atoms with Crippen molar-refractivity contribution in [3.05, 3.63) is 45.2 Å². The monoisotopic (exact) mass is 286 g/mol. The van der Waals surface area contributed by atoms with Gasteiger partial charge in [-0.1, -0.05) is 53.9 Å². The summed E-state index contributed by atoms with van der Waals surface area (Å²) in [5.74, 6) is 0.486. The first-order chi connectivity index (χ1) is 8.11. The van der Waals surface area contributed by atoms with Crippen LogP contribution in [0.1, 0.15) is 12.5 Å². The molecule has 0 N–H and O–H groups in total. The third-order valence-electron chi connectivity index (χ3n) is 2.34. The van der Waals surface area contributed by atoms with Crippen LogP contribution in [-0.2, 0) is 6.42 Å². The Hall–Kier alpha value is -0.830. The molecule has 5 heteroatoms. The molecule has 1 aromatic carbocycles. The minimum Gasteiger partial charge on any atom is -0.216 e. The molecule has 0 unspecified atom stereocenters. The van der Waals surface area contributed by atoms with E-state index in [0.29, 0.717) is 27.6 Å². The normalized spacial score (nSPS) is 10.6. The van der Waals surface area contributed by atoms with Crippen LogP contribution >= 0.6 is 34.8 Å². The molecule has 0 fully saturated rings. The van der Waals surface area contributed by atoms with E-state index in [1.54, 1.807) is 12.1 Å². The quantitative estimate of drug-likeness (QED) is 0.750. The summed E-state index contributed by atoms with van der Waals surface area (Å²) < 4.78 is 0. The van der Waals surface area contributed by atoms with Crippen LogP contribution in [-0.4, -0.2) is 9.97 Å². The van der Waals surface area contributed by atoms with E-state index in [1.165, 1.54) is 0 Å². The van der Waals surface area contributed by atoms with Crippen molar-refractivity contribution in [1.82, 2.24) is 9.97 Å². The van der Waals surface area contributed by atoms with Gasteiger partial charge in [0, 0.05) is 16.1 Å². The summed E-state index contributed by atoms with van der Waals surface area (Å²) in [7, 11) is 0. The Morgan fingerprint density at radius 1 is 1.06 bits per heavy atom. The average Bonchev–Trinajstić information content (AvgIpc) is 2.28. The summed E-state index contributed by atoms with van der Waals surface area (Å²) in [6.45, 7) is 1.95. The van der Waals surface area contributed by atoms with E-state index < -0.39 is 0 Å². The van der Waals surface area contributed by atoms with Gasteiger partial charge in [-0.3, -0.25) is 0 Å². The number of benzene rings is 1. The van der Waals surface area contributed by atoms with Crippen LogP contribution < -0.4 is 0 Å². The summed E-state index contributed by atoms with van der Waals surface area (Å²) in [6, 6.07) is 7.25. The molecule has 1 heterocycles. The van der Waals surface area contributed by atoms with Crippen molar-refractivity contribution in [2.24, 2.45) is 0 Å². The lowest BCUT2D eigenvalue weighted by Gasteiger charge is -2.06. The van der Waals surface area contributed by atoms with E-state index >= 15 is 0 Å². The van der Waals surface area contributed by atoms with Crippen LogP contribution in [0.5, 0.6) is 0 Å². The summed E-state index contributed by atoms with van der Waals surface area (Å²) in [4.78, 5) is 8.45. The minimum atomic E-state index is 0.391. The summed E-state index contributed by atoms with van der Waals surface area (Å²) in [5.41, 5.74) is 1.56. The van der Waals surface area contributed by atoms with Crippen LogP contribution in [0, 0.1) is 0 Å². The second-order valence-electron chi connectivity index (χ2n) is 3.47. The predicted octanol–water partition coefficient (Wildman–Crippen LogP) is 4.67. The molecular formula is C12H9Cl3N2. The molecule has 2 aromatic rings. The van der Waals surface area contributed by atoms with Gasteiger partial charge in [-0.05, 0) is 18.6 Å².